The molecule has 2 fully saturated rings. The van der Waals surface area contributed by atoms with Crippen molar-refractivity contribution in [2.75, 3.05) is 6.61 Å². The van der Waals surface area contributed by atoms with Crippen molar-refractivity contribution in [1.29, 1.82) is 0 Å². The number of carbonyl (C=O) groups excluding carboxylic acids is 1. The highest BCUT2D eigenvalue weighted by molar-refractivity contribution is 5.73. The smallest absolute Gasteiger partial charge is 0.335 e. The standard InChI is InChI=1S/C16H28N2O11/c1-4(17)12-7(18-5(2)20)13(8(21)6(3-19)27-12)28-16-11(24)9(22)10(23)14(29-16)15(25)26/h4,6-14,16,19,21-24H,3,17H2,1-2H3,(H,18,20)(H,25,26). The Balaban J connectivity index is 2.33. The molecule has 1 amide bonds. The molecule has 2 aliphatic heterocycles. The molecular formula is C16H28N2O11. The van der Waals surface area contributed by atoms with Gasteiger partial charge in [0.1, 0.15) is 36.6 Å². The average molecular weight is 424 g/mol. The minimum atomic E-state index is -1.92. The van der Waals surface area contributed by atoms with Gasteiger partial charge < -0.3 is 55.9 Å². The maximum Gasteiger partial charge on any atom is 0.335 e. The van der Waals surface area contributed by atoms with Gasteiger partial charge in [0, 0.05) is 13.0 Å². The number of nitrogens with two attached hydrogens (primary N) is 1. The van der Waals surface area contributed by atoms with Gasteiger partial charge in [-0.2, -0.15) is 0 Å². The molecule has 2 saturated heterocycles. The predicted molar refractivity (Wildman–Crippen MR) is 92.2 cm³/mol. The van der Waals surface area contributed by atoms with Crippen LogP contribution in [0.4, 0.5) is 0 Å². The third kappa shape index (κ3) is 5.02. The Morgan fingerprint density at radius 3 is 2.21 bits per heavy atom. The topological polar surface area (TPSA) is 221 Å². The Labute approximate surface area is 166 Å². The maximum atomic E-state index is 11.7. The van der Waals surface area contributed by atoms with Crippen molar-refractivity contribution in [2.24, 2.45) is 5.73 Å². The molecule has 2 heterocycles. The van der Waals surface area contributed by atoms with E-state index in [1.807, 2.05) is 0 Å². The number of amides is 1. The van der Waals surface area contributed by atoms with Gasteiger partial charge in [-0.3, -0.25) is 4.79 Å². The van der Waals surface area contributed by atoms with Gasteiger partial charge in [0.2, 0.25) is 5.91 Å². The lowest BCUT2D eigenvalue weighted by Gasteiger charge is -2.48. The van der Waals surface area contributed by atoms with E-state index in [-0.39, 0.29) is 0 Å². The van der Waals surface area contributed by atoms with Crippen LogP contribution in [0.1, 0.15) is 13.8 Å². The van der Waals surface area contributed by atoms with Gasteiger partial charge in [-0.25, -0.2) is 4.79 Å². The normalized spacial score (nSPS) is 44.1. The summed E-state index contributed by atoms with van der Waals surface area (Å²) in [5.41, 5.74) is 5.89. The number of hydrogen-bond donors (Lipinski definition) is 8. The molecule has 11 atom stereocenters. The lowest BCUT2D eigenvalue weighted by atomic mass is 9.89. The van der Waals surface area contributed by atoms with Gasteiger partial charge in [-0.05, 0) is 6.92 Å². The molecule has 13 nitrogen and oxygen atoms in total. The van der Waals surface area contributed by atoms with Crippen LogP contribution in [0, 0.1) is 0 Å². The van der Waals surface area contributed by atoms with E-state index in [1.165, 1.54) is 6.92 Å². The first-order valence-corrected chi connectivity index (χ1v) is 9.04. The van der Waals surface area contributed by atoms with Crippen LogP contribution in [-0.4, -0.2) is 116 Å². The highest BCUT2D eigenvalue weighted by Crippen LogP contribution is 2.30. The first-order valence-electron chi connectivity index (χ1n) is 9.04. The highest BCUT2D eigenvalue weighted by atomic mass is 16.7. The minimum Gasteiger partial charge on any atom is -0.479 e. The summed E-state index contributed by atoms with van der Waals surface area (Å²) in [6.45, 7) is 2.14. The van der Waals surface area contributed by atoms with E-state index in [2.05, 4.69) is 5.32 Å². The minimum absolute atomic E-state index is 0.517. The van der Waals surface area contributed by atoms with Crippen molar-refractivity contribution in [1.82, 2.24) is 5.32 Å². The van der Waals surface area contributed by atoms with Crippen LogP contribution >= 0.6 is 0 Å². The highest BCUT2D eigenvalue weighted by Gasteiger charge is 2.52. The van der Waals surface area contributed by atoms with Crippen molar-refractivity contribution < 1.29 is 54.4 Å². The van der Waals surface area contributed by atoms with E-state index in [0.717, 1.165) is 0 Å². The van der Waals surface area contributed by atoms with Crippen molar-refractivity contribution >= 4 is 11.9 Å². The van der Waals surface area contributed by atoms with Crippen LogP contribution in [0.15, 0.2) is 0 Å². The predicted octanol–water partition coefficient (Wildman–Crippen LogP) is -4.76. The largest absolute Gasteiger partial charge is 0.479 e. The summed E-state index contributed by atoms with van der Waals surface area (Å²) in [4.78, 5) is 22.9. The zero-order chi connectivity index (χ0) is 22.0. The first kappa shape index (κ1) is 23.9. The molecule has 0 aromatic heterocycles. The number of aliphatic hydroxyl groups excluding tert-OH is 5. The lowest BCUT2D eigenvalue weighted by molar-refractivity contribution is -0.326. The number of aliphatic carboxylic acids is 1. The summed E-state index contributed by atoms with van der Waals surface area (Å²) in [6, 6.07) is -1.75. The zero-order valence-corrected chi connectivity index (χ0v) is 15.9. The summed E-state index contributed by atoms with van der Waals surface area (Å²) >= 11 is 0. The fourth-order valence-electron chi connectivity index (χ4n) is 3.46. The van der Waals surface area contributed by atoms with E-state index in [9.17, 15) is 35.1 Å². The van der Waals surface area contributed by atoms with Crippen molar-refractivity contribution in [3.05, 3.63) is 0 Å². The summed E-state index contributed by atoms with van der Waals surface area (Å²) in [5, 5.41) is 61.6. The second-order valence-corrected chi connectivity index (χ2v) is 7.23. The molecule has 13 heteroatoms. The van der Waals surface area contributed by atoms with Gasteiger partial charge in [0.15, 0.2) is 12.4 Å². The Hall–Kier alpha value is -1.42. The van der Waals surface area contributed by atoms with Crippen molar-refractivity contribution in [3.8, 4) is 0 Å². The lowest BCUT2D eigenvalue weighted by Crippen LogP contribution is -2.70. The fourth-order valence-corrected chi connectivity index (χ4v) is 3.46. The van der Waals surface area contributed by atoms with Crippen LogP contribution in [0.3, 0.4) is 0 Å². The number of carbonyl (C=O) groups is 2. The van der Waals surface area contributed by atoms with E-state index in [4.69, 9.17) is 25.1 Å². The number of carboxylic acid groups (broad SMARTS) is 1. The molecule has 2 rings (SSSR count). The Bertz CT molecular complexity index is 591. The Morgan fingerprint density at radius 2 is 1.72 bits per heavy atom. The molecule has 0 saturated carbocycles. The molecule has 9 N–H and O–H groups in total. The third-order valence-electron chi connectivity index (χ3n) is 4.93. The zero-order valence-electron chi connectivity index (χ0n) is 15.9. The summed E-state index contributed by atoms with van der Waals surface area (Å²) < 4.78 is 16.2. The monoisotopic (exact) mass is 424 g/mol. The number of rotatable bonds is 6. The van der Waals surface area contributed by atoms with E-state index in [1.54, 1.807) is 6.92 Å². The van der Waals surface area contributed by atoms with Crippen LogP contribution in [0.2, 0.25) is 0 Å². The van der Waals surface area contributed by atoms with Crippen molar-refractivity contribution in [2.45, 2.75) is 81.1 Å². The van der Waals surface area contributed by atoms with Gasteiger partial charge in [0.25, 0.3) is 0 Å². The van der Waals surface area contributed by atoms with Crippen LogP contribution in [0.5, 0.6) is 0 Å². The number of aliphatic hydroxyl groups is 5. The van der Waals surface area contributed by atoms with E-state index in [0.29, 0.717) is 0 Å². The number of hydrogen-bond acceptors (Lipinski definition) is 11. The molecule has 29 heavy (non-hydrogen) atoms. The van der Waals surface area contributed by atoms with E-state index >= 15 is 0 Å². The molecule has 0 bridgehead atoms. The molecule has 2 aliphatic rings. The first-order chi connectivity index (χ1) is 13.5. The fraction of sp³-hybridized carbons (Fsp3) is 0.875. The van der Waals surface area contributed by atoms with Gasteiger partial charge in [-0.1, -0.05) is 0 Å². The molecule has 168 valence electrons. The SMILES string of the molecule is CC(=O)NC1C(C(C)N)OC(CO)C(O)C1OC1OC(C(=O)O)C(O)C(O)C1O. The molecule has 0 aromatic rings. The van der Waals surface area contributed by atoms with Crippen molar-refractivity contribution in [3.63, 3.8) is 0 Å². The van der Waals surface area contributed by atoms with Gasteiger partial charge in [-0.15, -0.1) is 0 Å². The molecule has 0 spiro atoms. The molecule has 11 unspecified atom stereocenters. The Kier molecular flexibility index (Phi) is 7.89. The van der Waals surface area contributed by atoms with Crippen LogP contribution in [-0.2, 0) is 23.8 Å². The van der Waals surface area contributed by atoms with Gasteiger partial charge >= 0.3 is 5.97 Å². The number of nitrogens with one attached hydrogen (secondary N) is 1. The second kappa shape index (κ2) is 9.59. The molecular weight excluding hydrogens is 396 g/mol. The molecule has 0 aliphatic carbocycles. The third-order valence-corrected chi connectivity index (χ3v) is 4.93. The molecule has 0 radical (unpaired) electrons. The quantitative estimate of drug-likeness (QED) is 0.201. The van der Waals surface area contributed by atoms with E-state index < -0.39 is 85.7 Å². The number of carboxylic acids is 1. The van der Waals surface area contributed by atoms with Crippen LogP contribution < -0.4 is 11.1 Å². The number of ether oxygens (including phenoxy) is 3. The van der Waals surface area contributed by atoms with Gasteiger partial charge in [0.05, 0.1) is 18.8 Å². The average Bonchev–Trinajstić information content (AvgIpc) is 2.63. The molecule has 0 aromatic carbocycles. The maximum absolute atomic E-state index is 11.7. The second-order valence-electron chi connectivity index (χ2n) is 7.23. The summed E-state index contributed by atoms with van der Waals surface area (Å²) in [5.74, 6) is -2.12. The van der Waals surface area contributed by atoms with Crippen LogP contribution in [0.25, 0.3) is 0 Å². The summed E-state index contributed by atoms with van der Waals surface area (Å²) in [7, 11) is 0. The summed E-state index contributed by atoms with van der Waals surface area (Å²) in [6.07, 6.45) is -14.4. The Morgan fingerprint density at radius 1 is 1.10 bits per heavy atom.